The Kier molecular flexibility index (Phi) is 5.09. The summed E-state index contributed by atoms with van der Waals surface area (Å²) in [7, 11) is 0. The van der Waals surface area contributed by atoms with Gasteiger partial charge in [-0.15, -0.1) is 0 Å². The third-order valence-corrected chi connectivity index (χ3v) is 4.75. The first-order chi connectivity index (χ1) is 11.9. The van der Waals surface area contributed by atoms with Crippen LogP contribution in [-0.2, 0) is 0 Å². The molecular weight excluding hydrogens is 334 g/mol. The monoisotopic (exact) mass is 357 g/mol. The van der Waals surface area contributed by atoms with E-state index in [9.17, 15) is 0 Å². The summed E-state index contributed by atoms with van der Waals surface area (Å²) in [6.07, 6.45) is 5.43. The van der Waals surface area contributed by atoms with Gasteiger partial charge in [0.25, 0.3) is 0 Å². The Hall–Kier alpha value is -1.94. The Bertz CT molecular complexity index is 813. The number of hydrogen-bond acceptors (Lipinski definition) is 4. The number of hydrogen-bond donors (Lipinski definition) is 0. The topological polar surface area (TPSA) is 47.4 Å². The maximum Gasteiger partial charge on any atom is 0.243 e. The molecule has 1 aliphatic carbocycles. The summed E-state index contributed by atoms with van der Waals surface area (Å²) in [5, 5.41) is 0.721. The van der Waals surface area contributed by atoms with Crippen LogP contribution in [0.15, 0.2) is 29.5 Å². The molecule has 0 amide bonds. The Morgan fingerprint density at radius 2 is 2.04 bits per heavy atom. The fourth-order valence-corrected chi connectivity index (χ4v) is 2.98. The lowest BCUT2D eigenvalue weighted by Crippen LogP contribution is -2.14. The Morgan fingerprint density at radius 1 is 1.28 bits per heavy atom. The molecule has 2 aromatic rings. The van der Waals surface area contributed by atoms with Crippen molar-refractivity contribution in [2.75, 3.05) is 0 Å². The molecule has 132 valence electrons. The van der Waals surface area contributed by atoms with Gasteiger partial charge in [0.15, 0.2) is 0 Å². The summed E-state index contributed by atoms with van der Waals surface area (Å²) in [4.78, 5) is 13.5. The van der Waals surface area contributed by atoms with E-state index >= 15 is 0 Å². The molecule has 0 radical (unpaired) electrons. The summed E-state index contributed by atoms with van der Waals surface area (Å²) in [5.41, 5.74) is 4.44. The van der Waals surface area contributed by atoms with Crippen LogP contribution < -0.4 is 4.74 Å². The summed E-state index contributed by atoms with van der Waals surface area (Å²) < 4.78 is 6.10. The van der Waals surface area contributed by atoms with Crippen LogP contribution in [-0.4, -0.2) is 21.3 Å². The van der Waals surface area contributed by atoms with E-state index in [-0.39, 0.29) is 5.60 Å². The molecule has 1 aromatic carbocycles. The van der Waals surface area contributed by atoms with E-state index in [1.54, 1.807) is 0 Å². The highest BCUT2D eigenvalue weighted by Gasteiger charge is 2.41. The maximum atomic E-state index is 6.48. The van der Waals surface area contributed by atoms with Crippen LogP contribution in [0.25, 0.3) is 0 Å². The van der Waals surface area contributed by atoms with Crippen molar-refractivity contribution < 1.29 is 4.74 Å². The predicted molar refractivity (Wildman–Crippen MR) is 102 cm³/mol. The normalized spacial score (nSPS) is 16.0. The van der Waals surface area contributed by atoms with Crippen molar-refractivity contribution in [1.82, 2.24) is 9.97 Å². The largest absolute Gasteiger partial charge is 0.470 e. The van der Waals surface area contributed by atoms with Gasteiger partial charge in [0, 0.05) is 10.6 Å². The second kappa shape index (κ2) is 7.12. The van der Waals surface area contributed by atoms with Gasteiger partial charge in [-0.25, -0.2) is 9.98 Å². The Balaban J connectivity index is 2.06. The highest BCUT2D eigenvalue weighted by Crippen LogP contribution is 2.42. The zero-order chi connectivity index (χ0) is 18.0. The second-order valence-corrected chi connectivity index (χ2v) is 7.36. The molecule has 0 spiro atoms. The van der Waals surface area contributed by atoms with Crippen molar-refractivity contribution in [1.29, 1.82) is 0 Å². The Morgan fingerprint density at radius 3 is 2.68 bits per heavy atom. The van der Waals surface area contributed by atoms with Crippen molar-refractivity contribution in [3.63, 3.8) is 0 Å². The molecule has 3 rings (SSSR count). The van der Waals surface area contributed by atoms with E-state index in [1.807, 2.05) is 26.0 Å². The minimum Gasteiger partial charge on any atom is -0.470 e. The molecular formula is C20H24ClN3O. The van der Waals surface area contributed by atoms with Gasteiger partial charge in [0.05, 0.1) is 11.4 Å². The predicted octanol–water partition coefficient (Wildman–Crippen LogP) is 5.60. The van der Waals surface area contributed by atoms with Gasteiger partial charge < -0.3 is 4.74 Å². The standard InChI is InChI=1S/C20H24ClN3O/c1-5-6-17(15-8-7-13(2)11-16(15)21)24-18-14(3)22-12-23-19(18)25-20(4)9-10-20/h7-8,11-12H,5-6,9-10H2,1-4H3. The first-order valence-electron chi connectivity index (χ1n) is 8.76. The lowest BCUT2D eigenvalue weighted by Gasteiger charge is -2.15. The summed E-state index contributed by atoms with van der Waals surface area (Å²) in [5.74, 6) is 0.560. The van der Waals surface area contributed by atoms with Crippen molar-refractivity contribution >= 4 is 23.0 Å². The van der Waals surface area contributed by atoms with Gasteiger partial charge >= 0.3 is 0 Å². The van der Waals surface area contributed by atoms with Crippen molar-refractivity contribution in [2.24, 2.45) is 4.99 Å². The zero-order valence-corrected chi connectivity index (χ0v) is 16.0. The zero-order valence-electron chi connectivity index (χ0n) is 15.3. The van der Waals surface area contributed by atoms with E-state index in [0.29, 0.717) is 11.6 Å². The van der Waals surface area contributed by atoms with Crippen LogP contribution in [0.2, 0.25) is 5.02 Å². The average molecular weight is 358 g/mol. The lowest BCUT2D eigenvalue weighted by molar-refractivity contribution is 0.192. The molecule has 25 heavy (non-hydrogen) atoms. The van der Waals surface area contributed by atoms with Crippen LogP contribution in [0.5, 0.6) is 5.88 Å². The molecule has 1 heterocycles. The van der Waals surface area contributed by atoms with Gasteiger partial charge in [-0.3, -0.25) is 0 Å². The highest BCUT2D eigenvalue weighted by molar-refractivity contribution is 6.34. The smallest absolute Gasteiger partial charge is 0.243 e. The first-order valence-corrected chi connectivity index (χ1v) is 9.14. The first kappa shape index (κ1) is 17.9. The van der Waals surface area contributed by atoms with Crippen molar-refractivity contribution in [2.45, 2.75) is 59.0 Å². The van der Waals surface area contributed by atoms with E-state index in [2.05, 4.69) is 29.9 Å². The highest BCUT2D eigenvalue weighted by atomic mass is 35.5. The number of rotatable bonds is 6. The molecule has 1 aromatic heterocycles. The molecule has 0 saturated heterocycles. The maximum absolute atomic E-state index is 6.48. The molecule has 0 aliphatic heterocycles. The van der Waals surface area contributed by atoms with Crippen LogP contribution in [0.4, 0.5) is 5.69 Å². The number of nitrogens with zero attached hydrogens (tertiary/aromatic N) is 3. The minimum absolute atomic E-state index is 0.114. The second-order valence-electron chi connectivity index (χ2n) is 6.96. The molecule has 1 fully saturated rings. The number of aromatic nitrogens is 2. The van der Waals surface area contributed by atoms with Gasteiger partial charge in [0.1, 0.15) is 17.6 Å². The summed E-state index contributed by atoms with van der Waals surface area (Å²) in [6.45, 7) is 8.20. The third-order valence-electron chi connectivity index (χ3n) is 4.44. The van der Waals surface area contributed by atoms with Crippen LogP contribution in [0.3, 0.4) is 0 Å². The molecule has 0 unspecified atom stereocenters. The van der Waals surface area contributed by atoms with E-state index in [1.165, 1.54) is 6.33 Å². The summed E-state index contributed by atoms with van der Waals surface area (Å²) >= 11 is 6.48. The summed E-state index contributed by atoms with van der Waals surface area (Å²) in [6, 6.07) is 6.07. The SMILES string of the molecule is CCCC(=Nc1c(C)ncnc1OC1(C)CC1)c1ccc(C)cc1Cl. The van der Waals surface area contributed by atoms with E-state index in [0.717, 1.165) is 53.2 Å². The van der Waals surface area contributed by atoms with E-state index < -0.39 is 0 Å². The Labute approximate surface area is 154 Å². The van der Waals surface area contributed by atoms with Gasteiger partial charge in [-0.2, -0.15) is 4.98 Å². The average Bonchev–Trinajstić information content (AvgIpc) is 3.27. The minimum atomic E-state index is -0.114. The van der Waals surface area contributed by atoms with Gasteiger partial charge in [0.2, 0.25) is 5.88 Å². The van der Waals surface area contributed by atoms with Crippen LogP contribution >= 0.6 is 11.6 Å². The molecule has 5 heteroatoms. The molecule has 0 bridgehead atoms. The van der Waals surface area contributed by atoms with E-state index in [4.69, 9.17) is 21.3 Å². The molecule has 1 saturated carbocycles. The van der Waals surface area contributed by atoms with Gasteiger partial charge in [-0.1, -0.05) is 37.1 Å². The number of ether oxygens (including phenoxy) is 1. The van der Waals surface area contributed by atoms with Crippen molar-refractivity contribution in [3.05, 3.63) is 46.4 Å². The quantitative estimate of drug-likeness (QED) is 0.632. The fraction of sp³-hybridized carbons (Fsp3) is 0.450. The van der Waals surface area contributed by atoms with Crippen LogP contribution in [0.1, 0.15) is 56.4 Å². The van der Waals surface area contributed by atoms with Gasteiger partial charge in [-0.05, 0) is 51.7 Å². The molecule has 4 nitrogen and oxygen atoms in total. The third kappa shape index (κ3) is 4.18. The fourth-order valence-electron chi connectivity index (χ4n) is 2.64. The molecule has 0 atom stereocenters. The lowest BCUT2D eigenvalue weighted by atomic mass is 10.0. The number of aliphatic imine (C=N–C) groups is 1. The number of benzene rings is 1. The molecule has 0 N–H and O–H groups in total. The molecule has 1 aliphatic rings. The van der Waals surface area contributed by atoms with Crippen LogP contribution in [0, 0.1) is 13.8 Å². The number of halogens is 1. The number of aryl methyl sites for hydroxylation is 2. The van der Waals surface area contributed by atoms with Crippen molar-refractivity contribution in [3.8, 4) is 5.88 Å².